The molecule has 5 aromatic rings. The Morgan fingerprint density at radius 1 is 1.05 bits per heavy atom. The Labute approximate surface area is 215 Å². The Kier molecular flexibility index (Phi) is 4.75. The van der Waals surface area contributed by atoms with E-state index in [2.05, 4.69) is 15.0 Å². The van der Waals surface area contributed by atoms with Gasteiger partial charge in [-0.1, -0.05) is 18.2 Å². The Bertz CT molecular complexity index is 1760. The van der Waals surface area contributed by atoms with Gasteiger partial charge in [-0.3, -0.25) is 4.68 Å². The lowest BCUT2D eigenvalue weighted by molar-refractivity contribution is 0.137. The van der Waals surface area contributed by atoms with Crippen LogP contribution in [0.15, 0.2) is 48.8 Å². The minimum absolute atomic E-state index is 0.0193. The van der Waals surface area contributed by atoms with E-state index in [9.17, 15) is 14.3 Å². The number of aryl methyl sites for hydroxylation is 2. The summed E-state index contributed by atoms with van der Waals surface area (Å²) in [5, 5.41) is 19.5. The zero-order valence-electron chi connectivity index (χ0n) is 20.6. The first-order valence-electron chi connectivity index (χ1n) is 12.3. The summed E-state index contributed by atoms with van der Waals surface area (Å²) < 4.78 is 33.0. The van der Waals surface area contributed by atoms with E-state index in [1.165, 1.54) is 9.58 Å². The van der Waals surface area contributed by atoms with Gasteiger partial charge in [0.05, 0.1) is 29.5 Å². The molecule has 192 valence electrons. The molecule has 11 heteroatoms. The van der Waals surface area contributed by atoms with Gasteiger partial charge < -0.3 is 14.9 Å². The van der Waals surface area contributed by atoms with Gasteiger partial charge in [-0.25, -0.2) is 23.2 Å². The van der Waals surface area contributed by atoms with Crippen LogP contribution in [0.25, 0.3) is 38.8 Å². The highest BCUT2D eigenvalue weighted by Gasteiger charge is 2.45. The molecule has 38 heavy (non-hydrogen) atoms. The molecule has 2 aromatic carbocycles. The number of para-hydroxylation sites is 1. The van der Waals surface area contributed by atoms with Gasteiger partial charge in [-0.15, -0.1) is 0 Å². The van der Waals surface area contributed by atoms with Gasteiger partial charge in [0.1, 0.15) is 22.8 Å². The summed E-state index contributed by atoms with van der Waals surface area (Å²) in [6.07, 6.45) is 3.25. The Morgan fingerprint density at radius 3 is 2.61 bits per heavy atom. The van der Waals surface area contributed by atoms with Gasteiger partial charge in [0.2, 0.25) is 0 Å². The molecular weight excluding hydrogens is 492 g/mol. The maximum atomic E-state index is 15.3. The van der Waals surface area contributed by atoms with Gasteiger partial charge in [-0.05, 0) is 31.0 Å². The van der Waals surface area contributed by atoms with Gasteiger partial charge >= 0.3 is 6.09 Å². The third-order valence-corrected chi connectivity index (χ3v) is 7.72. The van der Waals surface area contributed by atoms with Crippen LogP contribution >= 0.6 is 0 Å². The normalized spacial score (nSPS) is 18.8. The summed E-state index contributed by atoms with van der Waals surface area (Å²) in [5.41, 5.74) is 3.13. The summed E-state index contributed by atoms with van der Waals surface area (Å²) in [7, 11) is 1.67. The van der Waals surface area contributed by atoms with Crippen molar-refractivity contribution in [2.45, 2.75) is 25.4 Å². The number of halogens is 2. The van der Waals surface area contributed by atoms with Gasteiger partial charge in [0, 0.05) is 48.7 Å². The van der Waals surface area contributed by atoms with Crippen LogP contribution in [0.4, 0.5) is 19.4 Å². The van der Waals surface area contributed by atoms with Gasteiger partial charge in [0.15, 0.2) is 5.82 Å². The van der Waals surface area contributed by atoms with Crippen molar-refractivity contribution >= 4 is 33.7 Å². The first-order chi connectivity index (χ1) is 18.3. The van der Waals surface area contributed by atoms with E-state index in [1.807, 2.05) is 37.3 Å². The third kappa shape index (κ3) is 3.20. The van der Waals surface area contributed by atoms with E-state index in [0.29, 0.717) is 29.9 Å². The molecule has 2 aliphatic heterocycles. The maximum absolute atomic E-state index is 15.3. The summed E-state index contributed by atoms with van der Waals surface area (Å²) in [4.78, 5) is 19.8. The molecule has 7 rings (SSSR count). The molecule has 0 spiro atoms. The van der Waals surface area contributed by atoms with Crippen LogP contribution in [-0.4, -0.2) is 65.8 Å². The van der Waals surface area contributed by atoms with Crippen LogP contribution in [0.5, 0.6) is 0 Å². The van der Waals surface area contributed by atoms with E-state index < -0.39 is 17.7 Å². The van der Waals surface area contributed by atoms with Crippen LogP contribution in [0.2, 0.25) is 0 Å². The van der Waals surface area contributed by atoms with Crippen LogP contribution < -0.4 is 4.90 Å². The molecule has 1 N–H and O–H groups in total. The lowest BCUT2D eigenvalue weighted by Gasteiger charge is -2.33. The molecule has 5 heterocycles. The number of aromatic nitrogens is 5. The second-order valence-corrected chi connectivity index (χ2v) is 10.0. The number of hydrogen-bond acceptors (Lipinski definition) is 5. The molecule has 2 fully saturated rings. The van der Waals surface area contributed by atoms with Gasteiger partial charge in [-0.2, -0.15) is 10.2 Å². The van der Waals surface area contributed by atoms with Crippen molar-refractivity contribution in [3.8, 4) is 16.9 Å². The molecule has 0 radical (unpaired) electrons. The molecule has 0 aliphatic carbocycles. The monoisotopic (exact) mass is 515 g/mol. The highest BCUT2D eigenvalue weighted by Crippen LogP contribution is 2.38. The predicted molar refractivity (Wildman–Crippen MR) is 137 cm³/mol. The minimum atomic E-state index is -0.877. The molecule has 2 aliphatic rings. The fraction of sp³-hybridized carbons (Fsp3) is 0.259. The number of piperazine rings is 1. The number of nitrogens with zero attached hydrogens (tertiary/aromatic N) is 7. The van der Waals surface area contributed by atoms with Crippen LogP contribution in [-0.2, 0) is 7.05 Å². The average molecular weight is 516 g/mol. The summed E-state index contributed by atoms with van der Waals surface area (Å²) in [5.74, 6) is -0.644. The topological polar surface area (TPSA) is 92.3 Å². The number of anilines is 1. The zero-order valence-corrected chi connectivity index (χ0v) is 20.6. The lowest BCUT2D eigenvalue weighted by atomic mass is 10.0. The maximum Gasteiger partial charge on any atom is 0.407 e. The molecule has 9 nitrogen and oxygen atoms in total. The SMILES string of the molecule is Cc1cccc2c(-c3c(F)cc(F)c4nn(C)cc34)nn(-c3ccc(N4C[C@@H]5C[C@H]4CN5C(=O)O)nc3)c12. The number of rotatable bonds is 3. The van der Waals surface area contributed by atoms with Crippen molar-refractivity contribution in [2.75, 3.05) is 18.0 Å². The van der Waals surface area contributed by atoms with E-state index in [0.717, 1.165) is 34.8 Å². The van der Waals surface area contributed by atoms with Gasteiger partial charge in [0.25, 0.3) is 0 Å². The number of carbonyl (C=O) groups is 1. The Hall–Kier alpha value is -4.54. The van der Waals surface area contributed by atoms with Crippen molar-refractivity contribution in [3.63, 3.8) is 0 Å². The number of benzene rings is 2. The molecular formula is C27H23F2N7O2. The number of carboxylic acid groups (broad SMARTS) is 1. The number of amides is 1. The highest BCUT2D eigenvalue weighted by atomic mass is 19.1. The minimum Gasteiger partial charge on any atom is -0.465 e. The van der Waals surface area contributed by atoms with E-state index in [4.69, 9.17) is 5.10 Å². The first-order valence-corrected chi connectivity index (χ1v) is 12.3. The fourth-order valence-corrected chi connectivity index (χ4v) is 6.03. The molecule has 2 saturated heterocycles. The fourth-order valence-electron chi connectivity index (χ4n) is 6.03. The molecule has 2 atom stereocenters. The van der Waals surface area contributed by atoms with Crippen molar-refractivity contribution in [1.82, 2.24) is 29.4 Å². The summed E-state index contributed by atoms with van der Waals surface area (Å²) >= 11 is 0. The largest absolute Gasteiger partial charge is 0.465 e. The van der Waals surface area contributed by atoms with Crippen LogP contribution in [0.3, 0.4) is 0 Å². The van der Waals surface area contributed by atoms with E-state index >= 15 is 4.39 Å². The van der Waals surface area contributed by atoms with Crippen LogP contribution in [0.1, 0.15) is 12.0 Å². The number of likely N-dealkylation sites (tertiary alicyclic amines) is 1. The molecule has 0 saturated carbocycles. The Balaban J connectivity index is 1.32. The predicted octanol–water partition coefficient (Wildman–Crippen LogP) is 4.50. The second kappa shape index (κ2) is 7.98. The zero-order chi connectivity index (χ0) is 26.3. The quantitative estimate of drug-likeness (QED) is 0.380. The molecule has 2 bridgehead atoms. The van der Waals surface area contributed by atoms with Crippen molar-refractivity contribution in [2.24, 2.45) is 7.05 Å². The summed E-state index contributed by atoms with van der Waals surface area (Å²) in [6, 6.07) is 10.5. The Morgan fingerprint density at radius 2 is 1.89 bits per heavy atom. The van der Waals surface area contributed by atoms with Crippen molar-refractivity contribution in [1.29, 1.82) is 0 Å². The second-order valence-electron chi connectivity index (χ2n) is 10.0. The molecule has 3 aromatic heterocycles. The van der Waals surface area contributed by atoms with E-state index in [-0.39, 0.29) is 23.2 Å². The van der Waals surface area contributed by atoms with E-state index in [1.54, 1.807) is 24.1 Å². The number of fused-ring (bicyclic) bond motifs is 4. The average Bonchev–Trinajstić information content (AvgIpc) is 3.67. The number of pyridine rings is 1. The molecule has 0 unspecified atom stereocenters. The first kappa shape index (κ1) is 22.6. The molecule has 1 amide bonds. The number of hydrogen-bond donors (Lipinski definition) is 1. The third-order valence-electron chi connectivity index (χ3n) is 7.72. The highest BCUT2D eigenvalue weighted by molar-refractivity contribution is 6.04. The summed E-state index contributed by atoms with van der Waals surface area (Å²) in [6.45, 7) is 3.05. The standard InChI is InChI=1S/C27H23F2N7O2/c1-14-4-3-5-18-25(23-19-13-33(2)31-24(19)21(29)9-20(23)28)32-36(26(14)18)15-6-7-22(30-10-15)34-11-17-8-16(34)12-35(17)27(37)38/h3-7,9-10,13,16-17H,8,11-12H2,1-2H3,(H,37,38)/t16-,17-/m0/s1. The smallest absolute Gasteiger partial charge is 0.407 e. The van der Waals surface area contributed by atoms with Crippen LogP contribution in [0, 0.1) is 18.6 Å². The van der Waals surface area contributed by atoms with Crippen molar-refractivity contribution in [3.05, 3.63) is 66.0 Å². The lowest BCUT2D eigenvalue weighted by Crippen LogP contribution is -2.48. The van der Waals surface area contributed by atoms with Crippen molar-refractivity contribution < 1.29 is 18.7 Å².